The van der Waals surface area contributed by atoms with E-state index in [1.165, 1.54) is 28.8 Å². The monoisotopic (exact) mass is 376 g/mol. The van der Waals surface area contributed by atoms with Gasteiger partial charge in [0.15, 0.2) is 0 Å². The summed E-state index contributed by atoms with van der Waals surface area (Å²) in [6.07, 6.45) is -3.74. The second-order valence-electron chi connectivity index (χ2n) is 6.19. The van der Waals surface area contributed by atoms with Gasteiger partial charge in [-0.3, -0.25) is 9.36 Å². The predicted octanol–water partition coefficient (Wildman–Crippen LogP) is 3.23. The molecule has 27 heavy (non-hydrogen) atoms. The zero-order valence-electron chi connectivity index (χ0n) is 14.0. The van der Waals surface area contributed by atoms with Crippen LogP contribution in [0.4, 0.5) is 19.0 Å². The van der Waals surface area contributed by atoms with E-state index in [2.05, 4.69) is 14.6 Å². The van der Waals surface area contributed by atoms with E-state index < -0.39 is 12.3 Å². The van der Waals surface area contributed by atoms with Crippen LogP contribution in [0, 0.1) is 0 Å². The number of carbonyl (C=O) groups excluding carboxylic acids is 1. The zero-order chi connectivity index (χ0) is 19.2. The second kappa shape index (κ2) is 6.19. The third kappa shape index (κ3) is 3.27. The molecule has 1 aliphatic heterocycles. The highest BCUT2D eigenvalue weighted by Gasteiger charge is 2.31. The first-order chi connectivity index (χ1) is 12.8. The van der Waals surface area contributed by atoms with Gasteiger partial charge in [-0.05, 0) is 36.8 Å². The number of carbonyl (C=O) groups is 1. The fourth-order valence-corrected chi connectivity index (χ4v) is 3.06. The van der Waals surface area contributed by atoms with E-state index in [1.54, 1.807) is 12.1 Å². The molecule has 0 saturated carbocycles. The first-order valence-electron chi connectivity index (χ1n) is 8.25. The Kier molecular flexibility index (Phi) is 3.94. The Morgan fingerprint density at radius 1 is 1.11 bits per heavy atom. The van der Waals surface area contributed by atoms with Gasteiger partial charge in [0, 0.05) is 24.5 Å². The van der Waals surface area contributed by atoms with Crippen LogP contribution >= 0.6 is 0 Å². The van der Waals surface area contributed by atoms with E-state index in [0.29, 0.717) is 16.7 Å². The Morgan fingerprint density at radius 3 is 2.48 bits per heavy atom. The summed E-state index contributed by atoms with van der Waals surface area (Å²) in [5.74, 6) is 0.0380. The SMILES string of the molecule is NC(=O)c1cc2ccc(OC(F)(F)F)cc2n1-c1cccc(N2CCC2)n1. The van der Waals surface area contributed by atoms with Crippen LogP contribution in [0.15, 0.2) is 42.5 Å². The molecule has 1 saturated heterocycles. The number of pyridine rings is 1. The Balaban J connectivity index is 1.87. The van der Waals surface area contributed by atoms with Gasteiger partial charge in [-0.1, -0.05) is 6.07 Å². The van der Waals surface area contributed by atoms with Crippen LogP contribution in [0.5, 0.6) is 5.75 Å². The van der Waals surface area contributed by atoms with Crippen LogP contribution in [0.2, 0.25) is 0 Å². The summed E-state index contributed by atoms with van der Waals surface area (Å²) in [4.78, 5) is 18.5. The molecular weight excluding hydrogens is 361 g/mol. The van der Waals surface area contributed by atoms with Gasteiger partial charge in [0.25, 0.3) is 5.91 Å². The lowest BCUT2D eigenvalue weighted by Crippen LogP contribution is -2.37. The Hall–Kier alpha value is -3.23. The number of fused-ring (bicyclic) bond motifs is 1. The number of alkyl halides is 3. The number of anilines is 1. The van der Waals surface area contributed by atoms with Crippen LogP contribution in [-0.2, 0) is 0 Å². The fourth-order valence-electron chi connectivity index (χ4n) is 3.06. The van der Waals surface area contributed by atoms with Crippen LogP contribution < -0.4 is 15.4 Å². The molecule has 0 atom stereocenters. The Labute approximate surface area is 151 Å². The number of halogens is 3. The van der Waals surface area contributed by atoms with Crippen LogP contribution in [0.1, 0.15) is 16.9 Å². The molecule has 0 unspecified atom stereocenters. The first-order valence-corrected chi connectivity index (χ1v) is 8.25. The summed E-state index contributed by atoms with van der Waals surface area (Å²) >= 11 is 0. The molecule has 9 heteroatoms. The third-order valence-corrected chi connectivity index (χ3v) is 4.39. The first kappa shape index (κ1) is 17.2. The molecule has 140 valence electrons. The number of nitrogens with zero attached hydrogens (tertiary/aromatic N) is 3. The van der Waals surface area contributed by atoms with Crippen molar-refractivity contribution >= 4 is 22.6 Å². The quantitative estimate of drug-likeness (QED) is 0.759. The Morgan fingerprint density at radius 2 is 1.85 bits per heavy atom. The fraction of sp³-hybridized carbons (Fsp3) is 0.222. The average Bonchev–Trinajstić information content (AvgIpc) is 2.91. The maximum absolute atomic E-state index is 12.6. The summed E-state index contributed by atoms with van der Waals surface area (Å²) in [6, 6.07) is 10.7. The largest absolute Gasteiger partial charge is 0.573 e. The van der Waals surface area contributed by atoms with Crippen molar-refractivity contribution in [3.63, 3.8) is 0 Å². The molecule has 1 aromatic carbocycles. The second-order valence-corrected chi connectivity index (χ2v) is 6.19. The summed E-state index contributed by atoms with van der Waals surface area (Å²) < 4.78 is 43.1. The van der Waals surface area contributed by atoms with Gasteiger partial charge in [-0.15, -0.1) is 13.2 Å². The van der Waals surface area contributed by atoms with Crippen molar-refractivity contribution in [3.8, 4) is 11.6 Å². The van der Waals surface area contributed by atoms with Crippen molar-refractivity contribution in [2.75, 3.05) is 18.0 Å². The van der Waals surface area contributed by atoms with Crippen molar-refractivity contribution in [1.82, 2.24) is 9.55 Å². The molecule has 2 N–H and O–H groups in total. The lowest BCUT2D eigenvalue weighted by Gasteiger charge is -2.32. The van der Waals surface area contributed by atoms with E-state index in [1.807, 2.05) is 6.07 Å². The number of rotatable bonds is 4. The molecule has 6 nitrogen and oxygen atoms in total. The van der Waals surface area contributed by atoms with Gasteiger partial charge in [-0.25, -0.2) is 4.98 Å². The van der Waals surface area contributed by atoms with Crippen molar-refractivity contribution in [1.29, 1.82) is 0 Å². The molecule has 1 fully saturated rings. The predicted molar refractivity (Wildman–Crippen MR) is 93.1 cm³/mol. The number of amides is 1. The molecule has 3 aromatic rings. The molecule has 3 heterocycles. The molecule has 4 rings (SSSR count). The number of nitrogens with two attached hydrogens (primary N) is 1. The standard InChI is InChI=1S/C18H15F3N4O2/c19-18(20,21)27-12-6-5-11-9-14(17(22)26)25(13(11)10-12)16-4-1-3-15(23-16)24-7-2-8-24/h1,3-6,9-10H,2,7-8H2,(H2,22,26). The minimum atomic E-state index is -4.81. The summed E-state index contributed by atoms with van der Waals surface area (Å²) in [5, 5.41) is 0.550. The molecule has 0 bridgehead atoms. The Bertz CT molecular complexity index is 1030. The van der Waals surface area contributed by atoms with Crippen molar-refractivity contribution in [2.45, 2.75) is 12.8 Å². The van der Waals surface area contributed by atoms with Crippen molar-refractivity contribution in [3.05, 3.63) is 48.2 Å². The molecule has 1 aliphatic rings. The lowest BCUT2D eigenvalue weighted by atomic mass is 10.2. The number of benzene rings is 1. The van der Waals surface area contributed by atoms with Crippen LogP contribution in [0.25, 0.3) is 16.7 Å². The zero-order valence-corrected chi connectivity index (χ0v) is 14.0. The average molecular weight is 376 g/mol. The smallest absolute Gasteiger partial charge is 0.406 e. The van der Waals surface area contributed by atoms with Crippen molar-refractivity contribution < 1.29 is 22.7 Å². The van der Waals surface area contributed by atoms with Crippen molar-refractivity contribution in [2.24, 2.45) is 5.73 Å². The van der Waals surface area contributed by atoms with Crippen LogP contribution in [-0.4, -0.2) is 34.9 Å². The van der Waals surface area contributed by atoms with E-state index in [0.717, 1.165) is 25.3 Å². The molecule has 0 aliphatic carbocycles. The van der Waals surface area contributed by atoms with Crippen LogP contribution in [0.3, 0.4) is 0 Å². The van der Waals surface area contributed by atoms with Gasteiger partial charge in [-0.2, -0.15) is 0 Å². The third-order valence-electron chi connectivity index (χ3n) is 4.39. The van der Waals surface area contributed by atoms with E-state index >= 15 is 0 Å². The molecule has 2 aromatic heterocycles. The molecule has 0 radical (unpaired) electrons. The topological polar surface area (TPSA) is 73.4 Å². The van der Waals surface area contributed by atoms with E-state index in [4.69, 9.17) is 5.73 Å². The number of primary amides is 1. The minimum absolute atomic E-state index is 0.127. The van der Waals surface area contributed by atoms with E-state index in [9.17, 15) is 18.0 Å². The number of ether oxygens (including phenoxy) is 1. The number of aromatic nitrogens is 2. The van der Waals surface area contributed by atoms with Gasteiger partial charge in [0.2, 0.25) is 0 Å². The minimum Gasteiger partial charge on any atom is -0.406 e. The maximum Gasteiger partial charge on any atom is 0.573 e. The summed E-state index contributed by atoms with van der Waals surface area (Å²) in [5.41, 5.74) is 5.95. The highest BCUT2D eigenvalue weighted by molar-refractivity contribution is 5.99. The van der Waals surface area contributed by atoms with Gasteiger partial charge in [0.05, 0.1) is 5.52 Å². The van der Waals surface area contributed by atoms with Gasteiger partial charge >= 0.3 is 6.36 Å². The molecule has 1 amide bonds. The molecule has 0 spiro atoms. The maximum atomic E-state index is 12.6. The highest BCUT2D eigenvalue weighted by atomic mass is 19.4. The summed E-state index contributed by atoms with van der Waals surface area (Å²) in [6.45, 7) is 1.77. The number of hydrogen-bond acceptors (Lipinski definition) is 4. The van der Waals surface area contributed by atoms with E-state index in [-0.39, 0.29) is 11.4 Å². The molecular formula is C18H15F3N4O2. The normalized spacial score (nSPS) is 14.3. The number of hydrogen-bond donors (Lipinski definition) is 1. The van der Waals surface area contributed by atoms with Gasteiger partial charge in [0.1, 0.15) is 23.1 Å². The van der Waals surface area contributed by atoms with Gasteiger partial charge < -0.3 is 15.4 Å². The lowest BCUT2D eigenvalue weighted by molar-refractivity contribution is -0.274. The summed E-state index contributed by atoms with van der Waals surface area (Å²) in [7, 11) is 0. The highest BCUT2D eigenvalue weighted by Crippen LogP contribution is 2.31.